The van der Waals surface area contributed by atoms with E-state index in [1.807, 2.05) is 10.8 Å². The first-order chi connectivity index (χ1) is 31.0. The number of carbonyl (C=O) groups excluding carboxylic acids is 3. The fourth-order valence-electron chi connectivity index (χ4n) is 7.95. The lowest BCUT2D eigenvalue weighted by atomic mass is 10.0. The first-order valence-corrected chi connectivity index (χ1v) is 28.4. The third-order valence-corrected chi connectivity index (χ3v) is 14.3. The Labute approximate surface area is 392 Å². The number of hydrogen-bond donors (Lipinski definition) is 2. The first kappa shape index (κ1) is 56.8. The number of rotatable bonds is 46. The molecule has 63 heavy (non-hydrogen) atoms. The van der Waals surface area contributed by atoms with Gasteiger partial charge in [0.1, 0.15) is 30.1 Å². The molecule has 0 aliphatic carbocycles. The number of esters is 2. The number of nitrogens with one attached hydrogen (secondary N) is 2. The van der Waals surface area contributed by atoms with Crippen LogP contribution in [0.3, 0.4) is 0 Å². The van der Waals surface area contributed by atoms with E-state index in [2.05, 4.69) is 39.1 Å². The highest BCUT2D eigenvalue weighted by atomic mass is 33.1. The van der Waals surface area contributed by atoms with Gasteiger partial charge in [-0.1, -0.05) is 217 Å². The lowest BCUT2D eigenvalue weighted by molar-refractivity contribution is -0.149. The van der Waals surface area contributed by atoms with Crippen LogP contribution in [0.4, 0.5) is 0 Å². The number of hydrogen-bond acceptors (Lipinski definition) is 10. The molecule has 0 saturated heterocycles. The summed E-state index contributed by atoms with van der Waals surface area (Å²) in [6.07, 6.45) is 46.1. The van der Waals surface area contributed by atoms with Crippen LogP contribution < -0.4 is 5.32 Å². The SMILES string of the molecule is CCCCCCCCCCCCCCCC(=O)OCC(COC(=O)CCCCCCCCCCCCCCC)NC(=O)CCCCCCCCCCSSc1ncnc2nc[nH]c12. The zero-order valence-electron chi connectivity index (χ0n) is 40.2. The van der Waals surface area contributed by atoms with Crippen LogP contribution in [0.25, 0.3) is 11.2 Å². The van der Waals surface area contributed by atoms with E-state index in [9.17, 15) is 14.4 Å². The summed E-state index contributed by atoms with van der Waals surface area (Å²) in [4.78, 5) is 54.1. The van der Waals surface area contributed by atoms with E-state index in [-0.39, 0.29) is 31.1 Å². The molecule has 0 aliphatic rings. The summed E-state index contributed by atoms with van der Waals surface area (Å²) in [5.41, 5.74) is 1.61. The second-order valence-electron chi connectivity index (χ2n) is 17.9. The molecule has 0 radical (unpaired) electrons. The van der Waals surface area contributed by atoms with Crippen molar-refractivity contribution in [3.05, 3.63) is 12.7 Å². The normalized spacial score (nSPS) is 11.5. The lowest BCUT2D eigenvalue weighted by Crippen LogP contribution is -2.42. The maximum absolute atomic E-state index is 13.0. The second kappa shape index (κ2) is 42.3. The quantitative estimate of drug-likeness (QED) is 0.0286. The molecule has 362 valence electrons. The minimum atomic E-state index is -0.535. The molecular formula is C51H91N5O5S2. The van der Waals surface area contributed by atoms with E-state index in [4.69, 9.17) is 9.47 Å². The summed E-state index contributed by atoms with van der Waals surface area (Å²) in [7, 11) is 3.50. The van der Waals surface area contributed by atoms with E-state index in [1.165, 1.54) is 161 Å². The highest BCUT2D eigenvalue weighted by Gasteiger charge is 2.18. The van der Waals surface area contributed by atoms with Crippen LogP contribution in [-0.2, 0) is 23.9 Å². The maximum Gasteiger partial charge on any atom is 0.305 e. The number of unbranched alkanes of at least 4 members (excludes halogenated alkanes) is 31. The summed E-state index contributed by atoms with van der Waals surface area (Å²) in [5.74, 6) is 0.515. The highest BCUT2D eigenvalue weighted by Crippen LogP contribution is 2.33. The molecule has 2 aromatic rings. The molecule has 1 amide bonds. The molecule has 0 saturated carbocycles. The van der Waals surface area contributed by atoms with Crippen LogP contribution in [0.1, 0.15) is 251 Å². The summed E-state index contributed by atoms with van der Waals surface area (Å²) in [5, 5.41) is 3.94. The van der Waals surface area contributed by atoms with Gasteiger partial charge in [0.2, 0.25) is 5.91 Å². The van der Waals surface area contributed by atoms with Crippen LogP contribution in [0.15, 0.2) is 17.7 Å². The van der Waals surface area contributed by atoms with Crippen molar-refractivity contribution < 1.29 is 23.9 Å². The average molecular weight is 918 g/mol. The molecule has 2 heterocycles. The van der Waals surface area contributed by atoms with Crippen molar-refractivity contribution in [1.29, 1.82) is 0 Å². The van der Waals surface area contributed by atoms with Gasteiger partial charge in [-0.2, -0.15) is 0 Å². The topological polar surface area (TPSA) is 136 Å². The van der Waals surface area contributed by atoms with Crippen LogP contribution >= 0.6 is 21.6 Å². The smallest absolute Gasteiger partial charge is 0.305 e. The van der Waals surface area contributed by atoms with Gasteiger partial charge in [0.25, 0.3) is 0 Å². The summed E-state index contributed by atoms with van der Waals surface area (Å²) in [6.45, 7) is 4.59. The van der Waals surface area contributed by atoms with Gasteiger partial charge in [0.05, 0.1) is 12.4 Å². The fourth-order valence-corrected chi connectivity index (χ4v) is 10.1. The maximum atomic E-state index is 13.0. The van der Waals surface area contributed by atoms with E-state index in [0.717, 1.165) is 74.1 Å². The molecule has 0 aromatic carbocycles. The molecule has 10 nitrogen and oxygen atoms in total. The van der Waals surface area contributed by atoms with Crippen LogP contribution in [0.2, 0.25) is 0 Å². The number of nitrogens with zero attached hydrogens (tertiary/aromatic N) is 3. The fraction of sp³-hybridized carbons (Fsp3) is 0.843. The van der Waals surface area contributed by atoms with Crippen molar-refractivity contribution in [3.63, 3.8) is 0 Å². The zero-order valence-corrected chi connectivity index (χ0v) is 41.8. The number of H-pyrrole nitrogens is 1. The van der Waals surface area contributed by atoms with Gasteiger partial charge in [0, 0.05) is 25.0 Å². The van der Waals surface area contributed by atoms with Crippen molar-refractivity contribution in [3.8, 4) is 0 Å². The largest absolute Gasteiger partial charge is 0.463 e. The first-order valence-electron chi connectivity index (χ1n) is 26.1. The van der Waals surface area contributed by atoms with Gasteiger partial charge < -0.3 is 19.8 Å². The second-order valence-corrected chi connectivity index (χ2v) is 20.3. The third-order valence-electron chi connectivity index (χ3n) is 11.9. The average Bonchev–Trinajstić information content (AvgIpc) is 3.78. The van der Waals surface area contributed by atoms with E-state index >= 15 is 0 Å². The van der Waals surface area contributed by atoms with E-state index < -0.39 is 6.04 Å². The minimum Gasteiger partial charge on any atom is -0.463 e. The molecule has 2 rings (SSSR count). The summed E-state index contributed by atoms with van der Waals surface area (Å²) < 4.78 is 11.2. The molecular weight excluding hydrogens is 827 g/mol. The molecule has 0 spiro atoms. The molecule has 2 aromatic heterocycles. The van der Waals surface area contributed by atoms with E-state index in [0.29, 0.717) is 24.9 Å². The van der Waals surface area contributed by atoms with Crippen LogP contribution in [0.5, 0.6) is 0 Å². The Morgan fingerprint density at radius 2 is 0.921 bits per heavy atom. The van der Waals surface area contributed by atoms with Gasteiger partial charge in [-0.25, -0.2) is 15.0 Å². The Bertz CT molecular complexity index is 1330. The number of amides is 1. The Morgan fingerprint density at radius 3 is 1.37 bits per heavy atom. The summed E-state index contributed by atoms with van der Waals surface area (Å²) in [6, 6.07) is -0.535. The van der Waals surface area contributed by atoms with Crippen molar-refractivity contribution in [1.82, 2.24) is 25.3 Å². The molecule has 0 aliphatic heterocycles. The Hall–Kier alpha value is -2.34. The Balaban J connectivity index is 1.57. The third kappa shape index (κ3) is 33.8. The Morgan fingerprint density at radius 1 is 0.524 bits per heavy atom. The number of fused-ring (bicyclic) bond motifs is 1. The predicted octanol–water partition coefficient (Wildman–Crippen LogP) is 15.1. The van der Waals surface area contributed by atoms with Gasteiger partial charge in [-0.15, -0.1) is 0 Å². The molecule has 0 bridgehead atoms. The minimum absolute atomic E-state index is 0.0288. The standard InChI is InChI=1S/C51H91N5O5S2/c1-3-5-7-9-11-13-15-17-19-21-26-30-34-38-47(58)60-41-45(42-61-48(59)39-35-31-27-22-20-18-16-14-12-10-8-6-4-2)56-46(57)37-33-29-25-23-24-28-32-36-40-62-63-51-49-50(53-43-52-49)54-44-55-51/h43-45H,3-42H2,1-2H3,(H,56,57)(H,52,53,54,55). The Kier molecular flexibility index (Phi) is 38.1. The number of aromatic amines is 1. The number of imidazole rings is 1. The highest BCUT2D eigenvalue weighted by molar-refractivity contribution is 8.76. The van der Waals surface area contributed by atoms with Crippen molar-refractivity contribution >= 4 is 50.6 Å². The van der Waals surface area contributed by atoms with Crippen molar-refractivity contribution in [2.45, 2.75) is 262 Å². The van der Waals surface area contributed by atoms with Gasteiger partial charge >= 0.3 is 11.9 Å². The van der Waals surface area contributed by atoms with E-state index in [1.54, 1.807) is 23.4 Å². The zero-order chi connectivity index (χ0) is 45.1. The predicted molar refractivity (Wildman–Crippen MR) is 266 cm³/mol. The van der Waals surface area contributed by atoms with Crippen LogP contribution in [0, 0.1) is 0 Å². The van der Waals surface area contributed by atoms with Crippen molar-refractivity contribution in [2.75, 3.05) is 19.0 Å². The van der Waals surface area contributed by atoms with Crippen LogP contribution in [-0.4, -0.2) is 62.8 Å². The number of carbonyl (C=O) groups is 3. The molecule has 2 N–H and O–H groups in total. The molecule has 0 unspecified atom stereocenters. The molecule has 0 fully saturated rings. The number of ether oxygens (including phenoxy) is 2. The van der Waals surface area contributed by atoms with Crippen molar-refractivity contribution in [2.24, 2.45) is 0 Å². The molecule has 0 atom stereocenters. The lowest BCUT2D eigenvalue weighted by Gasteiger charge is -2.19. The molecule has 12 heteroatoms. The van der Waals surface area contributed by atoms with Gasteiger partial charge in [-0.3, -0.25) is 14.4 Å². The summed E-state index contributed by atoms with van der Waals surface area (Å²) >= 11 is 0. The van der Waals surface area contributed by atoms with Gasteiger partial charge in [-0.05, 0) is 36.5 Å². The monoisotopic (exact) mass is 918 g/mol. The number of aromatic nitrogens is 4. The van der Waals surface area contributed by atoms with Gasteiger partial charge in [0.15, 0.2) is 5.65 Å².